The van der Waals surface area contributed by atoms with Crippen molar-refractivity contribution in [1.29, 1.82) is 0 Å². The fourth-order valence-electron chi connectivity index (χ4n) is 2.91. The lowest BCUT2D eigenvalue weighted by molar-refractivity contribution is 0.00175. The molecule has 1 saturated heterocycles. The van der Waals surface area contributed by atoms with Crippen molar-refractivity contribution in [2.45, 2.75) is 32.4 Å². The molecule has 1 N–H and O–H groups in total. The molecule has 1 aliphatic rings. The Labute approximate surface area is 125 Å². The number of hydrogen-bond donors (Lipinski definition) is 1. The van der Waals surface area contributed by atoms with Crippen LogP contribution in [0.25, 0.3) is 0 Å². The van der Waals surface area contributed by atoms with Gasteiger partial charge in [0.15, 0.2) is 5.82 Å². The second kappa shape index (κ2) is 7.84. The van der Waals surface area contributed by atoms with Crippen molar-refractivity contribution < 1.29 is 19.1 Å². The minimum atomic E-state index is -0.0797. The van der Waals surface area contributed by atoms with Crippen LogP contribution in [0.15, 0.2) is 4.52 Å². The van der Waals surface area contributed by atoms with Crippen molar-refractivity contribution in [2.24, 2.45) is 5.41 Å². The molecule has 7 nitrogen and oxygen atoms in total. The number of aromatic nitrogens is 2. The van der Waals surface area contributed by atoms with Crippen LogP contribution in [0.3, 0.4) is 0 Å². The molecule has 2 heterocycles. The minimum Gasteiger partial charge on any atom is -0.396 e. The number of rotatable bonds is 8. The summed E-state index contributed by atoms with van der Waals surface area (Å²) in [5.74, 6) is 1.17. The van der Waals surface area contributed by atoms with Crippen LogP contribution in [0.5, 0.6) is 0 Å². The molecule has 120 valence electrons. The standard InChI is InChI=1S/C14H25N3O4/c1-19-7-5-14(11-18)4-3-6-17(10-14)8-13-15-12(9-20-2)16-21-13/h18H,3-11H2,1-2H3/t14-/m1/s1. The molecule has 7 heteroatoms. The third kappa shape index (κ3) is 4.47. The smallest absolute Gasteiger partial charge is 0.240 e. The normalized spacial score (nSPS) is 23.6. The maximum atomic E-state index is 9.78. The quantitative estimate of drug-likeness (QED) is 0.761. The van der Waals surface area contributed by atoms with E-state index in [9.17, 15) is 5.11 Å². The zero-order valence-corrected chi connectivity index (χ0v) is 12.9. The van der Waals surface area contributed by atoms with Gasteiger partial charge in [0.2, 0.25) is 5.89 Å². The van der Waals surface area contributed by atoms with Crippen LogP contribution in [0, 0.1) is 5.41 Å². The highest BCUT2D eigenvalue weighted by atomic mass is 16.5. The van der Waals surface area contributed by atoms with Gasteiger partial charge in [-0.15, -0.1) is 0 Å². The third-order valence-corrected chi connectivity index (χ3v) is 4.05. The Balaban J connectivity index is 1.93. The number of aliphatic hydroxyl groups excluding tert-OH is 1. The zero-order chi connectivity index (χ0) is 15.1. The number of methoxy groups -OCH3 is 2. The Morgan fingerprint density at radius 1 is 1.38 bits per heavy atom. The number of nitrogens with zero attached hydrogens (tertiary/aromatic N) is 3. The van der Waals surface area contributed by atoms with Crippen LogP contribution in [0.1, 0.15) is 31.0 Å². The molecule has 1 atom stereocenters. The Morgan fingerprint density at radius 2 is 2.24 bits per heavy atom. The lowest BCUT2D eigenvalue weighted by Gasteiger charge is -2.41. The monoisotopic (exact) mass is 299 g/mol. The van der Waals surface area contributed by atoms with E-state index in [0.717, 1.165) is 32.4 Å². The Morgan fingerprint density at radius 3 is 2.95 bits per heavy atom. The van der Waals surface area contributed by atoms with Gasteiger partial charge in [-0.3, -0.25) is 4.90 Å². The van der Waals surface area contributed by atoms with E-state index in [1.165, 1.54) is 0 Å². The number of hydrogen-bond acceptors (Lipinski definition) is 7. The molecule has 0 spiro atoms. The number of likely N-dealkylation sites (tertiary alicyclic amines) is 1. The van der Waals surface area contributed by atoms with Gasteiger partial charge in [0.05, 0.1) is 13.2 Å². The van der Waals surface area contributed by atoms with E-state index in [2.05, 4.69) is 15.0 Å². The molecule has 0 radical (unpaired) electrons. The molecule has 1 fully saturated rings. The topological polar surface area (TPSA) is 80.9 Å². The summed E-state index contributed by atoms with van der Waals surface area (Å²) in [7, 11) is 3.30. The largest absolute Gasteiger partial charge is 0.396 e. The SMILES string of the molecule is COCC[C@]1(CO)CCCN(Cc2nc(COC)no2)C1. The molecular formula is C14H25N3O4. The van der Waals surface area contributed by atoms with Gasteiger partial charge in [0.25, 0.3) is 0 Å². The summed E-state index contributed by atoms with van der Waals surface area (Å²) >= 11 is 0. The molecule has 1 aromatic rings. The van der Waals surface area contributed by atoms with Crippen molar-refractivity contribution in [1.82, 2.24) is 15.0 Å². The fraction of sp³-hybridized carbons (Fsp3) is 0.857. The van der Waals surface area contributed by atoms with Crippen molar-refractivity contribution in [3.8, 4) is 0 Å². The van der Waals surface area contributed by atoms with Crippen LogP contribution in [-0.4, -0.2) is 60.7 Å². The van der Waals surface area contributed by atoms with Gasteiger partial charge in [0.1, 0.15) is 6.61 Å². The average Bonchev–Trinajstić information content (AvgIpc) is 2.93. The molecule has 0 aromatic carbocycles. The third-order valence-electron chi connectivity index (χ3n) is 4.05. The molecular weight excluding hydrogens is 274 g/mol. The van der Waals surface area contributed by atoms with Gasteiger partial charge in [-0.05, 0) is 25.8 Å². The first-order valence-corrected chi connectivity index (χ1v) is 7.34. The Kier molecular flexibility index (Phi) is 6.10. The first-order chi connectivity index (χ1) is 10.2. The number of aliphatic hydroxyl groups is 1. The van der Waals surface area contributed by atoms with Crippen LogP contribution in [-0.2, 0) is 22.6 Å². The van der Waals surface area contributed by atoms with E-state index in [1.807, 2.05) is 0 Å². The van der Waals surface area contributed by atoms with Gasteiger partial charge in [-0.25, -0.2) is 0 Å². The summed E-state index contributed by atoms with van der Waals surface area (Å²) in [5.41, 5.74) is -0.0797. The van der Waals surface area contributed by atoms with Crippen molar-refractivity contribution in [3.05, 3.63) is 11.7 Å². The molecule has 1 aromatic heterocycles. The van der Waals surface area contributed by atoms with E-state index in [0.29, 0.717) is 31.5 Å². The van der Waals surface area contributed by atoms with Crippen molar-refractivity contribution in [2.75, 3.05) is 40.5 Å². The van der Waals surface area contributed by atoms with Crippen molar-refractivity contribution in [3.63, 3.8) is 0 Å². The molecule has 21 heavy (non-hydrogen) atoms. The molecule has 0 amide bonds. The van der Waals surface area contributed by atoms with Gasteiger partial charge >= 0.3 is 0 Å². The molecule has 2 rings (SSSR count). The molecule has 0 unspecified atom stereocenters. The van der Waals surface area contributed by atoms with E-state index < -0.39 is 0 Å². The highest BCUT2D eigenvalue weighted by molar-refractivity contribution is 4.90. The maximum Gasteiger partial charge on any atom is 0.240 e. The average molecular weight is 299 g/mol. The van der Waals surface area contributed by atoms with Crippen LogP contribution in [0.2, 0.25) is 0 Å². The number of piperidine rings is 1. The lowest BCUT2D eigenvalue weighted by Crippen LogP contribution is -2.45. The van der Waals surface area contributed by atoms with Gasteiger partial charge in [-0.2, -0.15) is 4.98 Å². The highest BCUT2D eigenvalue weighted by Crippen LogP contribution is 2.33. The number of ether oxygens (including phenoxy) is 2. The zero-order valence-electron chi connectivity index (χ0n) is 12.9. The van der Waals surface area contributed by atoms with Crippen LogP contribution in [0.4, 0.5) is 0 Å². The van der Waals surface area contributed by atoms with Gasteiger partial charge in [-0.1, -0.05) is 5.16 Å². The molecule has 0 saturated carbocycles. The molecule has 0 aliphatic carbocycles. The van der Waals surface area contributed by atoms with E-state index >= 15 is 0 Å². The minimum absolute atomic E-state index is 0.0797. The lowest BCUT2D eigenvalue weighted by atomic mass is 9.78. The second-order valence-electron chi connectivity index (χ2n) is 5.75. The van der Waals surface area contributed by atoms with E-state index in [4.69, 9.17) is 14.0 Å². The summed E-state index contributed by atoms with van der Waals surface area (Å²) in [4.78, 5) is 6.56. The first-order valence-electron chi connectivity index (χ1n) is 7.34. The molecule has 1 aliphatic heterocycles. The van der Waals surface area contributed by atoms with Crippen LogP contribution < -0.4 is 0 Å². The van der Waals surface area contributed by atoms with E-state index in [1.54, 1.807) is 14.2 Å². The van der Waals surface area contributed by atoms with E-state index in [-0.39, 0.29) is 12.0 Å². The Hall–Kier alpha value is -1.02. The second-order valence-corrected chi connectivity index (χ2v) is 5.75. The van der Waals surface area contributed by atoms with Crippen LogP contribution >= 0.6 is 0 Å². The summed E-state index contributed by atoms with van der Waals surface area (Å²) in [6, 6.07) is 0. The highest BCUT2D eigenvalue weighted by Gasteiger charge is 2.35. The summed E-state index contributed by atoms with van der Waals surface area (Å²) in [6.45, 7) is 3.65. The van der Waals surface area contributed by atoms with Crippen molar-refractivity contribution >= 4 is 0 Å². The maximum absolute atomic E-state index is 9.78. The Bertz CT molecular complexity index is 426. The predicted octanol–water partition coefficient (Wildman–Crippen LogP) is 0.827. The predicted molar refractivity (Wildman–Crippen MR) is 75.5 cm³/mol. The fourth-order valence-corrected chi connectivity index (χ4v) is 2.91. The summed E-state index contributed by atoms with van der Waals surface area (Å²) < 4.78 is 15.4. The molecule has 0 bridgehead atoms. The first kappa shape index (κ1) is 16.4. The summed E-state index contributed by atoms with van der Waals surface area (Å²) in [6.07, 6.45) is 2.96. The van der Waals surface area contributed by atoms with Gasteiger partial charge in [0, 0.05) is 32.8 Å². The van der Waals surface area contributed by atoms with Gasteiger partial charge < -0.3 is 19.1 Å². The summed E-state index contributed by atoms with van der Waals surface area (Å²) in [5, 5.41) is 13.6.